The maximum Gasteiger partial charge on any atom is 0.153 e. The zero-order chi connectivity index (χ0) is 12.1. The summed E-state index contributed by atoms with van der Waals surface area (Å²) in [6.07, 6.45) is 4.57. The standard InChI is InChI=1S/C13H14O3/c1-3-5-10-11(6-4-2)13(16)9(8-14)7-12(10)15/h3-4,7-8,15-16H,1-2,5-6H2. The molecule has 0 bridgehead atoms. The van der Waals surface area contributed by atoms with Gasteiger partial charge in [-0.15, -0.1) is 13.2 Å². The van der Waals surface area contributed by atoms with Gasteiger partial charge in [0.15, 0.2) is 6.29 Å². The van der Waals surface area contributed by atoms with E-state index in [1.54, 1.807) is 12.2 Å². The molecule has 0 aliphatic carbocycles. The van der Waals surface area contributed by atoms with Gasteiger partial charge in [-0.3, -0.25) is 4.79 Å². The van der Waals surface area contributed by atoms with E-state index in [9.17, 15) is 15.0 Å². The third kappa shape index (κ3) is 2.14. The SMILES string of the molecule is C=CCc1c(O)cc(C=O)c(O)c1CC=C. The normalized spacial score (nSPS) is 9.75. The molecule has 0 saturated heterocycles. The highest BCUT2D eigenvalue weighted by Crippen LogP contribution is 2.33. The summed E-state index contributed by atoms with van der Waals surface area (Å²) >= 11 is 0. The smallest absolute Gasteiger partial charge is 0.153 e. The Morgan fingerprint density at radius 3 is 2.19 bits per heavy atom. The summed E-state index contributed by atoms with van der Waals surface area (Å²) in [5, 5.41) is 19.6. The Bertz CT molecular complexity index is 433. The van der Waals surface area contributed by atoms with E-state index >= 15 is 0 Å². The zero-order valence-electron chi connectivity index (χ0n) is 8.94. The molecule has 0 aliphatic heterocycles. The first kappa shape index (κ1) is 12.0. The van der Waals surface area contributed by atoms with Crippen molar-refractivity contribution in [3.8, 4) is 11.5 Å². The van der Waals surface area contributed by atoms with E-state index in [0.717, 1.165) is 0 Å². The van der Waals surface area contributed by atoms with E-state index in [2.05, 4.69) is 13.2 Å². The lowest BCUT2D eigenvalue weighted by atomic mass is 9.96. The van der Waals surface area contributed by atoms with E-state index < -0.39 is 0 Å². The number of aromatic hydroxyl groups is 2. The molecular weight excluding hydrogens is 204 g/mol. The van der Waals surface area contributed by atoms with Crippen molar-refractivity contribution in [1.82, 2.24) is 0 Å². The highest BCUT2D eigenvalue weighted by Gasteiger charge is 2.15. The average molecular weight is 218 g/mol. The second-order valence-corrected chi connectivity index (χ2v) is 3.39. The van der Waals surface area contributed by atoms with Crippen LogP contribution in [0.5, 0.6) is 11.5 Å². The van der Waals surface area contributed by atoms with Crippen molar-refractivity contribution >= 4 is 6.29 Å². The lowest BCUT2D eigenvalue weighted by Gasteiger charge is -2.12. The Kier molecular flexibility index (Phi) is 3.89. The number of hydrogen-bond donors (Lipinski definition) is 2. The Morgan fingerprint density at radius 2 is 1.69 bits per heavy atom. The average Bonchev–Trinajstić information content (AvgIpc) is 2.28. The highest BCUT2D eigenvalue weighted by atomic mass is 16.3. The van der Waals surface area contributed by atoms with Gasteiger partial charge in [-0.2, -0.15) is 0 Å². The maximum atomic E-state index is 10.7. The van der Waals surface area contributed by atoms with E-state index in [1.807, 2.05) is 0 Å². The van der Waals surface area contributed by atoms with Crippen molar-refractivity contribution in [1.29, 1.82) is 0 Å². The van der Waals surface area contributed by atoms with Crippen LogP contribution >= 0.6 is 0 Å². The largest absolute Gasteiger partial charge is 0.508 e. The summed E-state index contributed by atoms with van der Waals surface area (Å²) in [6, 6.07) is 1.26. The molecule has 84 valence electrons. The molecule has 0 unspecified atom stereocenters. The van der Waals surface area contributed by atoms with Gasteiger partial charge in [-0.25, -0.2) is 0 Å². The fourth-order valence-corrected chi connectivity index (χ4v) is 1.60. The first-order chi connectivity index (χ1) is 7.65. The lowest BCUT2D eigenvalue weighted by Crippen LogP contribution is -1.97. The molecule has 16 heavy (non-hydrogen) atoms. The zero-order valence-corrected chi connectivity index (χ0v) is 8.94. The Morgan fingerprint density at radius 1 is 1.12 bits per heavy atom. The summed E-state index contributed by atoms with van der Waals surface area (Å²) in [7, 11) is 0. The number of benzene rings is 1. The van der Waals surface area contributed by atoms with E-state index in [4.69, 9.17) is 0 Å². The fraction of sp³-hybridized carbons (Fsp3) is 0.154. The van der Waals surface area contributed by atoms with Crippen molar-refractivity contribution in [2.45, 2.75) is 12.8 Å². The van der Waals surface area contributed by atoms with Crippen molar-refractivity contribution in [3.63, 3.8) is 0 Å². The third-order valence-corrected chi connectivity index (χ3v) is 2.35. The van der Waals surface area contributed by atoms with Crippen molar-refractivity contribution < 1.29 is 15.0 Å². The van der Waals surface area contributed by atoms with Crippen molar-refractivity contribution in [2.24, 2.45) is 0 Å². The monoisotopic (exact) mass is 218 g/mol. The van der Waals surface area contributed by atoms with Gasteiger partial charge in [0.1, 0.15) is 11.5 Å². The second-order valence-electron chi connectivity index (χ2n) is 3.39. The Labute approximate surface area is 94.4 Å². The molecule has 0 radical (unpaired) electrons. The van der Waals surface area contributed by atoms with Crippen LogP contribution in [0.4, 0.5) is 0 Å². The molecule has 3 heteroatoms. The first-order valence-corrected chi connectivity index (χ1v) is 4.89. The van der Waals surface area contributed by atoms with Crippen LogP contribution in [-0.2, 0) is 12.8 Å². The maximum absolute atomic E-state index is 10.7. The predicted molar refractivity (Wildman–Crippen MR) is 63.0 cm³/mol. The molecule has 0 spiro atoms. The molecule has 0 fully saturated rings. The third-order valence-electron chi connectivity index (χ3n) is 2.35. The number of hydrogen-bond acceptors (Lipinski definition) is 3. The van der Waals surface area contributed by atoms with Crippen LogP contribution in [0.1, 0.15) is 21.5 Å². The van der Waals surface area contributed by atoms with Crippen LogP contribution in [0, 0.1) is 0 Å². The minimum atomic E-state index is -0.0930. The number of phenolic OH excluding ortho intramolecular Hbond substituents is 2. The highest BCUT2D eigenvalue weighted by molar-refractivity contribution is 5.82. The first-order valence-electron chi connectivity index (χ1n) is 4.89. The molecule has 3 nitrogen and oxygen atoms in total. The number of rotatable bonds is 5. The van der Waals surface area contributed by atoms with Gasteiger partial charge in [-0.1, -0.05) is 12.2 Å². The molecule has 1 rings (SSSR count). The van der Waals surface area contributed by atoms with Crippen LogP contribution < -0.4 is 0 Å². The number of carbonyl (C=O) groups excluding carboxylic acids is 1. The summed E-state index contributed by atoms with van der Waals surface area (Å²) in [5.74, 6) is -0.0961. The number of phenols is 2. The van der Waals surface area contributed by atoms with Crippen LogP contribution in [0.2, 0.25) is 0 Å². The van der Waals surface area contributed by atoms with Gasteiger partial charge >= 0.3 is 0 Å². The molecule has 0 amide bonds. The lowest BCUT2D eigenvalue weighted by molar-refractivity contribution is 0.112. The quantitative estimate of drug-likeness (QED) is 0.453. The van der Waals surface area contributed by atoms with Gasteiger partial charge in [0.25, 0.3) is 0 Å². The summed E-state index contributed by atoms with van der Waals surface area (Å²) < 4.78 is 0. The van der Waals surface area contributed by atoms with Gasteiger partial charge in [0.05, 0.1) is 5.56 Å². The molecular formula is C13H14O3. The summed E-state index contributed by atoms with van der Waals surface area (Å²) in [6.45, 7) is 7.16. The van der Waals surface area contributed by atoms with Crippen LogP contribution in [-0.4, -0.2) is 16.5 Å². The topological polar surface area (TPSA) is 57.5 Å². The molecule has 0 aliphatic rings. The van der Waals surface area contributed by atoms with Crippen LogP contribution in [0.25, 0.3) is 0 Å². The number of carbonyl (C=O) groups is 1. The summed E-state index contributed by atoms with van der Waals surface area (Å²) in [5.41, 5.74) is 1.19. The van der Waals surface area contributed by atoms with Crippen molar-refractivity contribution in [3.05, 3.63) is 48.1 Å². The molecule has 1 aromatic rings. The number of aldehydes is 1. The second kappa shape index (κ2) is 5.16. The van der Waals surface area contributed by atoms with Crippen molar-refractivity contribution in [2.75, 3.05) is 0 Å². The Hall–Kier alpha value is -2.03. The molecule has 0 saturated carbocycles. The van der Waals surface area contributed by atoms with Gasteiger partial charge in [0.2, 0.25) is 0 Å². The van der Waals surface area contributed by atoms with Gasteiger partial charge in [-0.05, 0) is 18.9 Å². The minimum absolute atomic E-state index is 0.00310. The molecule has 2 N–H and O–H groups in total. The Balaban J connectivity index is 3.46. The molecule has 0 atom stereocenters. The molecule has 1 aromatic carbocycles. The van der Waals surface area contributed by atoms with Gasteiger partial charge < -0.3 is 10.2 Å². The fourth-order valence-electron chi connectivity index (χ4n) is 1.60. The van der Waals surface area contributed by atoms with E-state index in [1.165, 1.54) is 6.07 Å². The summed E-state index contributed by atoms with van der Waals surface area (Å²) in [4.78, 5) is 10.7. The van der Waals surface area contributed by atoms with Gasteiger partial charge in [0, 0.05) is 11.1 Å². The molecule has 0 heterocycles. The van der Waals surface area contributed by atoms with E-state index in [0.29, 0.717) is 30.3 Å². The van der Waals surface area contributed by atoms with Crippen LogP contribution in [0.3, 0.4) is 0 Å². The van der Waals surface area contributed by atoms with E-state index in [-0.39, 0.29) is 17.1 Å². The molecule has 0 aromatic heterocycles. The number of allylic oxidation sites excluding steroid dienone is 2. The van der Waals surface area contributed by atoms with Crippen LogP contribution in [0.15, 0.2) is 31.4 Å². The predicted octanol–water partition coefficient (Wildman–Crippen LogP) is 2.37. The minimum Gasteiger partial charge on any atom is -0.508 e.